The second-order valence-electron chi connectivity index (χ2n) is 5.49. The zero-order valence-electron chi connectivity index (χ0n) is 11.0. The van der Waals surface area contributed by atoms with E-state index in [1.165, 1.54) is 38.9 Å². The Morgan fingerprint density at radius 3 is 3.11 bits per heavy atom. The van der Waals surface area contributed by atoms with E-state index in [4.69, 9.17) is 10.2 Å². The van der Waals surface area contributed by atoms with Crippen molar-refractivity contribution in [3.8, 4) is 0 Å². The highest BCUT2D eigenvalue weighted by molar-refractivity contribution is 5.16. The van der Waals surface area contributed by atoms with E-state index >= 15 is 0 Å². The minimum Gasteiger partial charge on any atom is -0.468 e. The van der Waals surface area contributed by atoms with Crippen LogP contribution in [0.15, 0.2) is 16.7 Å². The molecule has 2 fully saturated rings. The molecule has 2 aliphatic heterocycles. The van der Waals surface area contributed by atoms with Crippen molar-refractivity contribution in [2.75, 3.05) is 26.2 Å². The van der Waals surface area contributed by atoms with Gasteiger partial charge in [0.25, 0.3) is 0 Å². The van der Waals surface area contributed by atoms with E-state index in [1.807, 2.05) is 6.07 Å². The number of piperazine rings is 1. The van der Waals surface area contributed by atoms with Gasteiger partial charge in [0.1, 0.15) is 5.76 Å². The summed E-state index contributed by atoms with van der Waals surface area (Å²) in [5.74, 6) is 1.06. The number of piperidine rings is 1. The van der Waals surface area contributed by atoms with Gasteiger partial charge in [-0.25, -0.2) is 0 Å². The lowest BCUT2D eigenvalue weighted by Crippen LogP contribution is -2.54. The van der Waals surface area contributed by atoms with Crippen molar-refractivity contribution in [2.45, 2.75) is 38.4 Å². The minimum atomic E-state index is 0.579. The quantitative estimate of drug-likeness (QED) is 0.880. The lowest BCUT2D eigenvalue weighted by atomic mass is 9.99. The van der Waals surface area contributed by atoms with E-state index in [0.717, 1.165) is 30.5 Å². The molecule has 0 amide bonds. The summed E-state index contributed by atoms with van der Waals surface area (Å²) < 4.78 is 5.56. The minimum absolute atomic E-state index is 0.579. The Labute approximate surface area is 109 Å². The molecule has 3 heterocycles. The third kappa shape index (κ3) is 2.46. The molecule has 0 spiro atoms. The highest BCUT2D eigenvalue weighted by atomic mass is 16.3. The standard InChI is InChI=1S/C14H23N3O/c15-9-12-4-8-18-14(12)11-16-6-7-17-5-2-1-3-13(17)10-16/h4,8,13H,1-3,5-7,9-11,15H2. The number of furan rings is 1. The van der Waals surface area contributed by atoms with Gasteiger partial charge in [0, 0.05) is 37.8 Å². The van der Waals surface area contributed by atoms with Crippen LogP contribution in [0.4, 0.5) is 0 Å². The molecule has 1 atom stereocenters. The average molecular weight is 249 g/mol. The molecule has 2 N–H and O–H groups in total. The van der Waals surface area contributed by atoms with E-state index in [0.29, 0.717) is 6.54 Å². The van der Waals surface area contributed by atoms with Crippen molar-refractivity contribution in [3.63, 3.8) is 0 Å². The van der Waals surface area contributed by atoms with Gasteiger partial charge in [0.2, 0.25) is 0 Å². The first-order valence-corrected chi connectivity index (χ1v) is 7.08. The first-order valence-electron chi connectivity index (χ1n) is 7.08. The summed E-state index contributed by atoms with van der Waals surface area (Å²) in [4.78, 5) is 5.18. The van der Waals surface area contributed by atoms with E-state index in [2.05, 4.69) is 9.80 Å². The molecule has 0 saturated carbocycles. The maximum absolute atomic E-state index is 5.72. The van der Waals surface area contributed by atoms with Crippen molar-refractivity contribution in [1.82, 2.24) is 9.80 Å². The smallest absolute Gasteiger partial charge is 0.122 e. The molecule has 0 aliphatic carbocycles. The predicted molar refractivity (Wildman–Crippen MR) is 71.1 cm³/mol. The number of rotatable bonds is 3. The second-order valence-corrected chi connectivity index (χ2v) is 5.49. The van der Waals surface area contributed by atoms with E-state index in [9.17, 15) is 0 Å². The van der Waals surface area contributed by atoms with Gasteiger partial charge in [0.15, 0.2) is 0 Å². The zero-order valence-corrected chi connectivity index (χ0v) is 11.0. The van der Waals surface area contributed by atoms with Crippen LogP contribution in [0.25, 0.3) is 0 Å². The summed E-state index contributed by atoms with van der Waals surface area (Å²) in [5, 5.41) is 0. The maximum Gasteiger partial charge on any atom is 0.122 e. The van der Waals surface area contributed by atoms with Crippen LogP contribution < -0.4 is 5.73 Å². The molecule has 100 valence electrons. The monoisotopic (exact) mass is 249 g/mol. The SMILES string of the molecule is NCc1ccoc1CN1CCN2CCCCC2C1. The number of hydrogen-bond acceptors (Lipinski definition) is 4. The molecular formula is C14H23N3O. The normalized spacial score (nSPS) is 26.2. The summed E-state index contributed by atoms with van der Waals surface area (Å²) in [7, 11) is 0. The second kappa shape index (κ2) is 5.43. The van der Waals surface area contributed by atoms with Crippen LogP contribution in [0.1, 0.15) is 30.6 Å². The Hall–Kier alpha value is -0.840. The van der Waals surface area contributed by atoms with Crippen LogP contribution in [0, 0.1) is 0 Å². The Morgan fingerprint density at radius 1 is 1.28 bits per heavy atom. The fourth-order valence-corrected chi connectivity index (χ4v) is 3.25. The Morgan fingerprint density at radius 2 is 2.22 bits per heavy atom. The Balaban J connectivity index is 1.61. The van der Waals surface area contributed by atoms with Gasteiger partial charge >= 0.3 is 0 Å². The van der Waals surface area contributed by atoms with Gasteiger partial charge in [-0.2, -0.15) is 0 Å². The summed E-state index contributed by atoms with van der Waals surface area (Å²) in [6, 6.07) is 2.76. The topological polar surface area (TPSA) is 45.6 Å². The Bertz CT molecular complexity index is 390. The van der Waals surface area contributed by atoms with Gasteiger partial charge in [0.05, 0.1) is 12.8 Å². The van der Waals surface area contributed by atoms with Crippen LogP contribution in [0.2, 0.25) is 0 Å². The van der Waals surface area contributed by atoms with E-state index in [1.54, 1.807) is 6.26 Å². The summed E-state index contributed by atoms with van der Waals surface area (Å²) >= 11 is 0. The van der Waals surface area contributed by atoms with Crippen LogP contribution in [-0.2, 0) is 13.1 Å². The molecule has 1 aromatic rings. The van der Waals surface area contributed by atoms with E-state index < -0.39 is 0 Å². The fourth-order valence-electron chi connectivity index (χ4n) is 3.25. The van der Waals surface area contributed by atoms with E-state index in [-0.39, 0.29) is 0 Å². The third-order valence-corrected chi connectivity index (χ3v) is 4.35. The van der Waals surface area contributed by atoms with Gasteiger partial charge in [-0.05, 0) is 25.5 Å². The first kappa shape index (κ1) is 12.2. The lowest BCUT2D eigenvalue weighted by molar-refractivity contribution is 0.0424. The average Bonchev–Trinajstić information content (AvgIpc) is 2.86. The lowest BCUT2D eigenvalue weighted by Gasteiger charge is -2.43. The molecule has 18 heavy (non-hydrogen) atoms. The molecule has 0 bridgehead atoms. The van der Waals surface area contributed by atoms with Gasteiger partial charge < -0.3 is 10.2 Å². The summed E-state index contributed by atoms with van der Waals surface area (Å²) in [6.07, 6.45) is 5.89. The molecule has 1 unspecified atom stereocenters. The number of fused-ring (bicyclic) bond motifs is 1. The number of hydrogen-bond donors (Lipinski definition) is 1. The summed E-state index contributed by atoms with van der Waals surface area (Å²) in [5.41, 5.74) is 6.87. The van der Waals surface area contributed by atoms with Crippen molar-refractivity contribution < 1.29 is 4.42 Å². The van der Waals surface area contributed by atoms with Gasteiger partial charge in [-0.15, -0.1) is 0 Å². The maximum atomic E-state index is 5.72. The fraction of sp³-hybridized carbons (Fsp3) is 0.714. The van der Waals surface area contributed by atoms with Gasteiger partial charge in [-0.1, -0.05) is 6.42 Å². The van der Waals surface area contributed by atoms with Gasteiger partial charge in [-0.3, -0.25) is 9.80 Å². The molecule has 1 aromatic heterocycles. The number of nitrogens with zero attached hydrogens (tertiary/aromatic N) is 2. The molecule has 2 aliphatic rings. The molecule has 0 aromatic carbocycles. The highest BCUT2D eigenvalue weighted by Crippen LogP contribution is 2.22. The van der Waals surface area contributed by atoms with Crippen molar-refractivity contribution in [2.24, 2.45) is 5.73 Å². The van der Waals surface area contributed by atoms with Crippen molar-refractivity contribution in [3.05, 3.63) is 23.7 Å². The first-order chi connectivity index (χ1) is 8.86. The zero-order chi connectivity index (χ0) is 12.4. The molecule has 0 radical (unpaired) electrons. The van der Waals surface area contributed by atoms with Crippen LogP contribution in [0.3, 0.4) is 0 Å². The van der Waals surface area contributed by atoms with Crippen LogP contribution >= 0.6 is 0 Å². The highest BCUT2D eigenvalue weighted by Gasteiger charge is 2.29. The Kier molecular flexibility index (Phi) is 3.68. The molecule has 2 saturated heterocycles. The van der Waals surface area contributed by atoms with Crippen molar-refractivity contribution >= 4 is 0 Å². The largest absolute Gasteiger partial charge is 0.468 e. The van der Waals surface area contributed by atoms with Crippen molar-refractivity contribution in [1.29, 1.82) is 0 Å². The van der Waals surface area contributed by atoms with Crippen LogP contribution in [0.5, 0.6) is 0 Å². The van der Waals surface area contributed by atoms with Crippen LogP contribution in [-0.4, -0.2) is 42.0 Å². The third-order valence-electron chi connectivity index (χ3n) is 4.35. The molecular weight excluding hydrogens is 226 g/mol. The number of nitrogens with two attached hydrogens (primary N) is 1. The molecule has 3 rings (SSSR count). The molecule has 4 heteroatoms. The summed E-state index contributed by atoms with van der Waals surface area (Å²) in [6.45, 7) is 6.35. The predicted octanol–water partition coefficient (Wildman–Crippen LogP) is 1.41. The molecule has 4 nitrogen and oxygen atoms in total.